The van der Waals surface area contributed by atoms with E-state index in [1.165, 1.54) is 5.56 Å². The van der Waals surface area contributed by atoms with Crippen molar-refractivity contribution in [2.24, 2.45) is 11.8 Å². The van der Waals surface area contributed by atoms with Crippen LogP contribution in [0.5, 0.6) is 0 Å². The van der Waals surface area contributed by atoms with Crippen LogP contribution in [0.4, 0.5) is 0 Å². The number of amides is 3. The molecule has 5 atom stereocenters. The second-order valence-electron chi connectivity index (χ2n) is 15.7. The maximum absolute atomic E-state index is 14.0. The Morgan fingerprint density at radius 1 is 0.904 bits per heavy atom. The van der Waals surface area contributed by atoms with Crippen LogP contribution in [0, 0.1) is 11.8 Å². The average molecular weight is 706 g/mol. The molecule has 4 aromatic rings. The Morgan fingerprint density at radius 3 is 2.31 bits per heavy atom. The van der Waals surface area contributed by atoms with E-state index in [9.17, 15) is 19.5 Å². The minimum atomic E-state index is -0.981. The minimum absolute atomic E-state index is 0.0503. The van der Waals surface area contributed by atoms with Crippen LogP contribution in [0.25, 0.3) is 10.8 Å². The number of aliphatic hydroxyl groups excluding tert-OH is 1. The number of benzene rings is 3. The second kappa shape index (κ2) is 17.8. The van der Waals surface area contributed by atoms with Gasteiger partial charge < -0.3 is 21.1 Å². The number of hydrogen-bond acceptors (Lipinski definition) is 6. The molecule has 1 fully saturated rings. The molecular formula is C43H55N5O4. The summed E-state index contributed by atoms with van der Waals surface area (Å²) in [7, 11) is 0. The van der Waals surface area contributed by atoms with Crippen molar-refractivity contribution in [3.05, 3.63) is 114 Å². The number of fused-ring (bicyclic) bond motifs is 1. The number of nitrogens with zero attached hydrogens (tertiary/aromatic N) is 2. The number of carbonyl (C=O) groups is 3. The number of β-amino-alcohol motifs (C(OH)–C–C–N with tert-alkyl or cyclic N) is 1. The first-order valence-electron chi connectivity index (χ1n) is 18.6. The van der Waals surface area contributed by atoms with Crippen molar-refractivity contribution in [3.8, 4) is 0 Å². The summed E-state index contributed by atoms with van der Waals surface area (Å²) in [5.41, 5.74) is 2.21. The normalized spacial score (nSPS) is 18.4. The van der Waals surface area contributed by atoms with E-state index in [-0.39, 0.29) is 30.2 Å². The Morgan fingerprint density at radius 2 is 1.62 bits per heavy atom. The van der Waals surface area contributed by atoms with Crippen LogP contribution in [-0.2, 0) is 22.4 Å². The van der Waals surface area contributed by atoms with Gasteiger partial charge in [0.25, 0.3) is 5.91 Å². The van der Waals surface area contributed by atoms with E-state index < -0.39 is 29.8 Å². The van der Waals surface area contributed by atoms with Gasteiger partial charge in [-0.05, 0) is 111 Å². The summed E-state index contributed by atoms with van der Waals surface area (Å²) >= 11 is 0. The average Bonchev–Trinajstić information content (AvgIpc) is 3.12. The van der Waals surface area contributed by atoms with Crippen molar-refractivity contribution < 1.29 is 19.5 Å². The number of hydrogen-bond donors (Lipinski definition) is 4. The molecule has 1 saturated heterocycles. The van der Waals surface area contributed by atoms with Gasteiger partial charge in [0.2, 0.25) is 11.8 Å². The third-order valence-corrected chi connectivity index (χ3v) is 9.95. The fraction of sp³-hybridized carbons (Fsp3) is 0.442. The number of carbonyl (C=O) groups excluding carboxylic acids is 3. The minimum Gasteiger partial charge on any atom is -0.390 e. The summed E-state index contributed by atoms with van der Waals surface area (Å²) in [4.78, 5) is 47.5. The zero-order chi connectivity index (χ0) is 37.3. The van der Waals surface area contributed by atoms with E-state index >= 15 is 0 Å². The molecule has 0 saturated carbocycles. The highest BCUT2D eigenvalue weighted by atomic mass is 16.3. The number of nitrogens with one attached hydrogen (secondary N) is 3. The van der Waals surface area contributed by atoms with E-state index in [4.69, 9.17) is 0 Å². The van der Waals surface area contributed by atoms with Gasteiger partial charge in [0.15, 0.2) is 0 Å². The molecule has 4 unspecified atom stereocenters. The smallest absolute Gasteiger partial charge is 0.251 e. The van der Waals surface area contributed by atoms with Gasteiger partial charge in [-0.1, -0.05) is 80.6 Å². The molecule has 3 amide bonds. The topological polar surface area (TPSA) is 124 Å². The summed E-state index contributed by atoms with van der Waals surface area (Å²) in [6.07, 6.45) is 6.51. The van der Waals surface area contributed by atoms with Gasteiger partial charge in [-0.2, -0.15) is 0 Å². The standard InChI is InChI=1S/C43H55N5O4/c1-29(2)39(46-40(50)35-20-19-33-15-9-10-16-34(33)26-35)42(52)45-36(24-30-12-7-6-8-13-30)38(49)28-48-23-21-31(17-18-32-14-11-22-44-27-32)25-37(48)41(51)47-43(3,4)5/h6-16,19-20,22,26-27,29,31,36-39,49H,17-18,21,23-25,28H2,1-5H3,(H,45,52)(H,46,50)(H,47,51)/t31?,36?,37?,38?,39-/m0/s1. The molecular weight excluding hydrogens is 651 g/mol. The zero-order valence-corrected chi connectivity index (χ0v) is 31.2. The molecule has 0 bridgehead atoms. The third-order valence-electron chi connectivity index (χ3n) is 9.95. The van der Waals surface area contributed by atoms with Gasteiger partial charge in [-0.3, -0.25) is 24.3 Å². The van der Waals surface area contributed by atoms with Crippen LogP contribution >= 0.6 is 0 Å². The van der Waals surface area contributed by atoms with Gasteiger partial charge in [0.1, 0.15) is 6.04 Å². The third kappa shape index (κ3) is 11.0. The van der Waals surface area contributed by atoms with Crippen molar-refractivity contribution in [1.82, 2.24) is 25.8 Å². The van der Waals surface area contributed by atoms with Crippen molar-refractivity contribution >= 4 is 28.5 Å². The van der Waals surface area contributed by atoms with Crippen molar-refractivity contribution in [3.63, 3.8) is 0 Å². The van der Waals surface area contributed by atoms with Gasteiger partial charge in [-0.15, -0.1) is 0 Å². The van der Waals surface area contributed by atoms with Crippen molar-refractivity contribution in [2.45, 2.75) is 96.5 Å². The first-order chi connectivity index (χ1) is 24.9. The summed E-state index contributed by atoms with van der Waals surface area (Å²) in [6, 6.07) is 25.2. The quantitative estimate of drug-likeness (QED) is 0.133. The molecule has 0 aliphatic carbocycles. The predicted octanol–water partition coefficient (Wildman–Crippen LogP) is 5.71. The largest absolute Gasteiger partial charge is 0.390 e. The number of likely N-dealkylation sites (tertiary alicyclic amines) is 1. The highest BCUT2D eigenvalue weighted by Crippen LogP contribution is 2.28. The van der Waals surface area contributed by atoms with Crippen LogP contribution in [0.1, 0.15) is 75.4 Å². The molecule has 3 aromatic carbocycles. The molecule has 1 aliphatic heterocycles. The van der Waals surface area contributed by atoms with Crippen LogP contribution < -0.4 is 16.0 Å². The Labute approximate surface area is 308 Å². The lowest BCUT2D eigenvalue weighted by atomic mass is 9.85. The molecule has 5 rings (SSSR count). The van der Waals surface area contributed by atoms with E-state index in [0.29, 0.717) is 30.9 Å². The number of piperidine rings is 1. The first kappa shape index (κ1) is 38.6. The van der Waals surface area contributed by atoms with Crippen LogP contribution in [0.3, 0.4) is 0 Å². The molecule has 0 radical (unpaired) electrons. The van der Waals surface area contributed by atoms with Gasteiger partial charge in [0, 0.05) is 30.0 Å². The van der Waals surface area contributed by atoms with E-state index in [1.807, 2.05) is 114 Å². The van der Waals surface area contributed by atoms with Gasteiger partial charge >= 0.3 is 0 Å². The molecule has 52 heavy (non-hydrogen) atoms. The van der Waals surface area contributed by atoms with Crippen LogP contribution in [0.2, 0.25) is 0 Å². The van der Waals surface area contributed by atoms with Crippen molar-refractivity contribution in [1.29, 1.82) is 0 Å². The summed E-state index contributed by atoms with van der Waals surface area (Å²) in [6.45, 7) is 10.6. The molecule has 1 aromatic heterocycles. The number of aliphatic hydroxyl groups is 1. The summed E-state index contributed by atoms with van der Waals surface area (Å²) < 4.78 is 0. The highest BCUT2D eigenvalue weighted by Gasteiger charge is 2.37. The van der Waals surface area contributed by atoms with Crippen LogP contribution in [-0.4, -0.2) is 75.6 Å². The molecule has 4 N–H and O–H groups in total. The van der Waals surface area contributed by atoms with Crippen molar-refractivity contribution in [2.75, 3.05) is 13.1 Å². The van der Waals surface area contributed by atoms with Gasteiger partial charge in [0.05, 0.1) is 18.2 Å². The van der Waals surface area contributed by atoms with Gasteiger partial charge in [-0.25, -0.2) is 0 Å². The number of pyridine rings is 1. The molecule has 0 spiro atoms. The van der Waals surface area contributed by atoms with E-state index in [1.54, 1.807) is 12.3 Å². The maximum Gasteiger partial charge on any atom is 0.251 e. The lowest BCUT2D eigenvalue weighted by molar-refractivity contribution is -0.131. The Kier molecular flexibility index (Phi) is 13.2. The Balaban J connectivity index is 1.31. The lowest BCUT2D eigenvalue weighted by Crippen LogP contribution is -2.60. The maximum atomic E-state index is 14.0. The monoisotopic (exact) mass is 705 g/mol. The molecule has 9 heteroatoms. The Bertz CT molecular complexity index is 1770. The first-order valence-corrected chi connectivity index (χ1v) is 18.6. The number of aromatic nitrogens is 1. The highest BCUT2D eigenvalue weighted by molar-refractivity contribution is 6.00. The molecule has 9 nitrogen and oxygen atoms in total. The van der Waals surface area contributed by atoms with Crippen LogP contribution in [0.15, 0.2) is 97.3 Å². The molecule has 2 heterocycles. The lowest BCUT2D eigenvalue weighted by Gasteiger charge is -2.41. The number of aryl methyl sites for hydroxylation is 1. The Hall–Kier alpha value is -4.60. The summed E-state index contributed by atoms with van der Waals surface area (Å²) in [5.74, 6) is -0.609. The molecule has 1 aliphatic rings. The predicted molar refractivity (Wildman–Crippen MR) is 207 cm³/mol. The fourth-order valence-corrected chi connectivity index (χ4v) is 7.09. The van der Waals surface area contributed by atoms with E-state index in [2.05, 4.69) is 31.9 Å². The fourth-order valence-electron chi connectivity index (χ4n) is 7.09. The number of rotatable bonds is 14. The second-order valence-corrected chi connectivity index (χ2v) is 15.7. The SMILES string of the molecule is CC(C)[C@H](NC(=O)c1ccc2ccccc2c1)C(=O)NC(Cc1ccccc1)C(O)CN1CCC(CCc2cccnc2)CC1C(=O)NC(C)(C)C. The molecule has 276 valence electrons. The van der Waals surface area contributed by atoms with E-state index in [0.717, 1.165) is 35.6 Å². The summed E-state index contributed by atoms with van der Waals surface area (Å²) in [5, 5.41) is 23.1. The zero-order valence-electron chi connectivity index (χ0n) is 31.2.